The SMILES string of the molecule is CCCCCCOc1ccc(C2=CCC(c3ccc(OCCC)c(F)c3F)=CC2)c(F)c1F. The number of allylic oxidation sites excluding steroid dienone is 4. The average Bonchev–Trinajstić information content (AvgIpc) is 2.83. The minimum atomic E-state index is -1.02. The fourth-order valence-corrected chi connectivity index (χ4v) is 3.78. The normalized spacial score (nSPS) is 13.5. The Morgan fingerprint density at radius 1 is 0.606 bits per heavy atom. The van der Waals surface area contributed by atoms with E-state index in [0.717, 1.165) is 25.7 Å². The van der Waals surface area contributed by atoms with E-state index in [1.807, 2.05) is 6.92 Å². The molecule has 0 amide bonds. The number of halogens is 4. The maximum atomic E-state index is 14.7. The molecule has 0 saturated heterocycles. The van der Waals surface area contributed by atoms with Gasteiger partial charge >= 0.3 is 0 Å². The molecule has 0 atom stereocenters. The van der Waals surface area contributed by atoms with Crippen LogP contribution in [-0.4, -0.2) is 13.2 Å². The van der Waals surface area contributed by atoms with Crippen molar-refractivity contribution in [1.29, 1.82) is 0 Å². The second-order valence-corrected chi connectivity index (χ2v) is 8.10. The zero-order valence-electron chi connectivity index (χ0n) is 19.2. The first kappa shape index (κ1) is 24.9. The summed E-state index contributed by atoms with van der Waals surface area (Å²) in [7, 11) is 0. The summed E-state index contributed by atoms with van der Waals surface area (Å²) in [4.78, 5) is 0. The maximum absolute atomic E-state index is 14.7. The minimum absolute atomic E-state index is 0.0942. The van der Waals surface area contributed by atoms with Gasteiger partial charge in [-0.25, -0.2) is 8.78 Å². The number of ether oxygens (including phenoxy) is 2. The highest BCUT2D eigenvalue weighted by Gasteiger charge is 2.21. The van der Waals surface area contributed by atoms with Crippen LogP contribution in [0.15, 0.2) is 36.4 Å². The first-order valence-corrected chi connectivity index (χ1v) is 11.6. The molecule has 33 heavy (non-hydrogen) atoms. The molecule has 2 nitrogen and oxygen atoms in total. The molecule has 0 N–H and O–H groups in total. The van der Waals surface area contributed by atoms with E-state index in [1.54, 1.807) is 12.2 Å². The van der Waals surface area contributed by atoms with Crippen LogP contribution >= 0.6 is 0 Å². The van der Waals surface area contributed by atoms with E-state index in [0.29, 0.717) is 30.8 Å². The van der Waals surface area contributed by atoms with Crippen LogP contribution in [0, 0.1) is 23.3 Å². The summed E-state index contributed by atoms with van der Waals surface area (Å²) in [5, 5.41) is 0. The van der Waals surface area contributed by atoms with Crippen LogP contribution in [0.3, 0.4) is 0 Å². The smallest absolute Gasteiger partial charge is 0.201 e. The molecule has 2 aromatic carbocycles. The van der Waals surface area contributed by atoms with Gasteiger partial charge in [0, 0.05) is 11.1 Å². The Labute approximate surface area is 192 Å². The van der Waals surface area contributed by atoms with Gasteiger partial charge in [-0.05, 0) is 61.1 Å². The largest absolute Gasteiger partial charge is 0.490 e. The van der Waals surface area contributed by atoms with Gasteiger partial charge in [0.25, 0.3) is 0 Å². The molecule has 0 aliphatic heterocycles. The van der Waals surface area contributed by atoms with Crippen molar-refractivity contribution in [2.45, 2.75) is 58.8 Å². The van der Waals surface area contributed by atoms with Crippen LogP contribution in [-0.2, 0) is 0 Å². The number of rotatable bonds is 11. The van der Waals surface area contributed by atoms with Crippen molar-refractivity contribution >= 4 is 11.1 Å². The van der Waals surface area contributed by atoms with E-state index in [2.05, 4.69) is 6.92 Å². The Hall–Kier alpha value is -2.76. The van der Waals surface area contributed by atoms with Gasteiger partial charge in [0.05, 0.1) is 13.2 Å². The topological polar surface area (TPSA) is 18.5 Å². The highest BCUT2D eigenvalue weighted by Crippen LogP contribution is 2.36. The van der Waals surface area contributed by atoms with E-state index in [4.69, 9.17) is 9.47 Å². The molecule has 6 heteroatoms. The first-order valence-electron chi connectivity index (χ1n) is 11.6. The molecule has 178 valence electrons. The molecule has 0 aromatic heterocycles. The summed E-state index contributed by atoms with van der Waals surface area (Å²) < 4.78 is 68.8. The molecular formula is C27H30F4O2. The predicted molar refractivity (Wildman–Crippen MR) is 123 cm³/mol. The molecule has 0 bridgehead atoms. The molecule has 0 radical (unpaired) electrons. The maximum Gasteiger partial charge on any atom is 0.201 e. The molecule has 0 fully saturated rings. The van der Waals surface area contributed by atoms with E-state index < -0.39 is 23.3 Å². The number of unbranched alkanes of at least 4 members (excludes halogenated alkanes) is 3. The summed E-state index contributed by atoms with van der Waals surface area (Å²) in [5.74, 6) is -4.16. The van der Waals surface area contributed by atoms with E-state index >= 15 is 0 Å². The highest BCUT2D eigenvalue weighted by molar-refractivity contribution is 5.78. The monoisotopic (exact) mass is 462 g/mol. The van der Waals surface area contributed by atoms with Gasteiger partial charge in [0.1, 0.15) is 0 Å². The molecule has 0 saturated carbocycles. The lowest BCUT2D eigenvalue weighted by Gasteiger charge is -2.17. The third-order valence-electron chi connectivity index (χ3n) is 5.64. The first-order chi connectivity index (χ1) is 16.0. The number of hydrogen-bond donors (Lipinski definition) is 0. The second-order valence-electron chi connectivity index (χ2n) is 8.10. The Kier molecular flexibility index (Phi) is 8.98. The van der Waals surface area contributed by atoms with Crippen molar-refractivity contribution in [2.24, 2.45) is 0 Å². The van der Waals surface area contributed by atoms with Gasteiger partial charge in [0.2, 0.25) is 11.6 Å². The number of hydrogen-bond acceptors (Lipinski definition) is 2. The lowest BCUT2D eigenvalue weighted by Crippen LogP contribution is -2.04. The lowest BCUT2D eigenvalue weighted by atomic mass is 9.90. The Balaban J connectivity index is 1.69. The van der Waals surface area contributed by atoms with Crippen molar-refractivity contribution < 1.29 is 27.0 Å². The van der Waals surface area contributed by atoms with Crippen LogP contribution in [0.25, 0.3) is 11.1 Å². The molecule has 0 unspecified atom stereocenters. The molecule has 1 aliphatic carbocycles. The molecule has 0 heterocycles. The third-order valence-corrected chi connectivity index (χ3v) is 5.64. The van der Waals surface area contributed by atoms with Crippen LogP contribution in [0.1, 0.15) is 69.9 Å². The molecule has 2 aromatic rings. The fraction of sp³-hybridized carbons (Fsp3) is 0.407. The van der Waals surface area contributed by atoms with Crippen LogP contribution in [0.5, 0.6) is 11.5 Å². The Bertz CT molecular complexity index is 1030. The van der Waals surface area contributed by atoms with Crippen LogP contribution in [0.4, 0.5) is 17.6 Å². The van der Waals surface area contributed by atoms with E-state index in [1.165, 1.54) is 24.3 Å². The van der Waals surface area contributed by atoms with Gasteiger partial charge in [-0.15, -0.1) is 0 Å². The summed E-state index contributed by atoms with van der Waals surface area (Å²) in [6.45, 7) is 4.62. The highest BCUT2D eigenvalue weighted by atomic mass is 19.2. The zero-order valence-corrected chi connectivity index (χ0v) is 19.2. The van der Waals surface area contributed by atoms with Crippen molar-refractivity contribution in [3.05, 3.63) is 70.8 Å². The second kappa shape index (κ2) is 11.9. The van der Waals surface area contributed by atoms with E-state index in [-0.39, 0.29) is 35.5 Å². The standard InChI is InChI=1S/C27H30F4O2/c1-3-5-6-7-17-33-23-15-13-21(25(29)27(23)31)19-10-8-18(9-11-19)20-12-14-22(32-16-4-2)26(30)24(20)28/h8,11-15H,3-7,9-10,16-17H2,1-2H3. The van der Waals surface area contributed by atoms with Gasteiger partial charge in [-0.3, -0.25) is 0 Å². The molecule has 0 spiro atoms. The molecular weight excluding hydrogens is 432 g/mol. The summed E-state index contributed by atoms with van der Waals surface area (Å²) in [6.07, 6.45) is 8.61. The minimum Gasteiger partial charge on any atom is -0.490 e. The summed E-state index contributed by atoms with van der Waals surface area (Å²) >= 11 is 0. The Morgan fingerprint density at radius 2 is 1.12 bits per heavy atom. The summed E-state index contributed by atoms with van der Waals surface area (Å²) in [5.41, 5.74) is 1.47. The lowest BCUT2D eigenvalue weighted by molar-refractivity contribution is 0.285. The molecule has 1 aliphatic rings. The van der Waals surface area contributed by atoms with Crippen LogP contribution in [0.2, 0.25) is 0 Å². The Morgan fingerprint density at radius 3 is 1.58 bits per heavy atom. The van der Waals surface area contributed by atoms with Crippen molar-refractivity contribution in [3.63, 3.8) is 0 Å². The van der Waals surface area contributed by atoms with Gasteiger partial charge < -0.3 is 9.47 Å². The predicted octanol–water partition coefficient (Wildman–Crippen LogP) is 8.25. The fourth-order valence-electron chi connectivity index (χ4n) is 3.78. The quantitative estimate of drug-likeness (QED) is 0.247. The van der Waals surface area contributed by atoms with Gasteiger partial charge in [-0.2, -0.15) is 8.78 Å². The van der Waals surface area contributed by atoms with Crippen molar-refractivity contribution in [1.82, 2.24) is 0 Å². The third kappa shape index (κ3) is 5.98. The van der Waals surface area contributed by atoms with Crippen LogP contribution < -0.4 is 9.47 Å². The average molecular weight is 463 g/mol. The molecule has 3 rings (SSSR count). The zero-order chi connectivity index (χ0) is 23.8. The van der Waals surface area contributed by atoms with Crippen molar-refractivity contribution in [2.75, 3.05) is 13.2 Å². The van der Waals surface area contributed by atoms with E-state index in [9.17, 15) is 17.6 Å². The summed E-state index contributed by atoms with van der Waals surface area (Å²) in [6, 6.07) is 5.85. The van der Waals surface area contributed by atoms with Gasteiger partial charge in [0.15, 0.2) is 23.1 Å². The van der Waals surface area contributed by atoms with Gasteiger partial charge in [-0.1, -0.05) is 45.3 Å². The van der Waals surface area contributed by atoms with Crippen molar-refractivity contribution in [3.8, 4) is 11.5 Å². The number of benzene rings is 2.